The Kier molecular flexibility index (Phi) is 6.34. The van der Waals surface area contributed by atoms with Crippen LogP contribution in [0.5, 0.6) is 5.75 Å². The summed E-state index contributed by atoms with van der Waals surface area (Å²) >= 11 is 0. The molecule has 0 bridgehead atoms. The van der Waals surface area contributed by atoms with Crippen molar-refractivity contribution in [1.29, 1.82) is 0 Å². The maximum Gasteiger partial charge on any atom is 0.142 e. The summed E-state index contributed by atoms with van der Waals surface area (Å²) in [6.45, 7) is 11.0. The van der Waals surface area contributed by atoms with Crippen LogP contribution in [0.15, 0.2) is 24.3 Å². The number of anilines is 1. The minimum absolute atomic E-state index is 0.250. The molecule has 1 aromatic carbocycles. The number of ether oxygens (including phenoxy) is 1. The van der Waals surface area contributed by atoms with Crippen molar-refractivity contribution in [2.45, 2.75) is 40.2 Å². The van der Waals surface area contributed by atoms with Gasteiger partial charge in [-0.05, 0) is 24.0 Å². The number of methoxy groups -OCH3 is 1. The Hall–Kier alpha value is -1.22. The Balaban J connectivity index is 2.78. The summed E-state index contributed by atoms with van der Waals surface area (Å²) in [4.78, 5) is 2.30. The first-order valence-electron chi connectivity index (χ1n) is 7.49. The van der Waals surface area contributed by atoms with Crippen LogP contribution < -0.4 is 15.0 Å². The SMILES string of the molecule is CCC(C)(CNC(C)C)CN(C)c1ccccc1OC. The highest BCUT2D eigenvalue weighted by Crippen LogP contribution is 2.30. The van der Waals surface area contributed by atoms with E-state index in [4.69, 9.17) is 4.74 Å². The highest BCUT2D eigenvalue weighted by molar-refractivity contribution is 5.57. The smallest absolute Gasteiger partial charge is 0.142 e. The quantitative estimate of drug-likeness (QED) is 0.787. The monoisotopic (exact) mass is 278 g/mol. The lowest BCUT2D eigenvalue weighted by Gasteiger charge is -2.35. The fourth-order valence-corrected chi connectivity index (χ4v) is 2.35. The van der Waals surface area contributed by atoms with Gasteiger partial charge >= 0.3 is 0 Å². The number of nitrogens with one attached hydrogen (secondary N) is 1. The van der Waals surface area contributed by atoms with Crippen molar-refractivity contribution < 1.29 is 4.74 Å². The third kappa shape index (κ3) is 4.71. The van der Waals surface area contributed by atoms with Gasteiger partial charge in [0.05, 0.1) is 12.8 Å². The lowest BCUT2D eigenvalue weighted by Crippen LogP contribution is -2.42. The van der Waals surface area contributed by atoms with Gasteiger partial charge in [0.15, 0.2) is 0 Å². The molecule has 3 heteroatoms. The molecule has 0 aliphatic carbocycles. The van der Waals surface area contributed by atoms with Crippen LogP contribution in [0.4, 0.5) is 5.69 Å². The summed E-state index contributed by atoms with van der Waals surface area (Å²) in [5.41, 5.74) is 1.40. The molecule has 3 nitrogen and oxygen atoms in total. The first kappa shape index (κ1) is 16.8. The average Bonchev–Trinajstić information content (AvgIpc) is 2.45. The van der Waals surface area contributed by atoms with Crippen LogP contribution in [0.1, 0.15) is 34.1 Å². The van der Waals surface area contributed by atoms with E-state index in [1.807, 2.05) is 12.1 Å². The Bertz CT molecular complexity index is 406. The minimum Gasteiger partial charge on any atom is -0.495 e. The van der Waals surface area contributed by atoms with Gasteiger partial charge in [-0.1, -0.05) is 39.8 Å². The second-order valence-corrected chi connectivity index (χ2v) is 6.23. The van der Waals surface area contributed by atoms with Gasteiger partial charge in [0.2, 0.25) is 0 Å². The Labute approximate surface area is 124 Å². The van der Waals surface area contributed by atoms with E-state index in [9.17, 15) is 0 Å². The summed E-state index contributed by atoms with van der Waals surface area (Å²) < 4.78 is 5.46. The number of nitrogens with zero attached hydrogens (tertiary/aromatic N) is 1. The second kappa shape index (κ2) is 7.53. The van der Waals surface area contributed by atoms with Crippen LogP contribution in [-0.4, -0.2) is 33.3 Å². The maximum absolute atomic E-state index is 5.46. The summed E-state index contributed by atoms with van der Waals surface area (Å²) in [7, 11) is 3.87. The molecular formula is C17H30N2O. The second-order valence-electron chi connectivity index (χ2n) is 6.23. The van der Waals surface area contributed by atoms with E-state index >= 15 is 0 Å². The van der Waals surface area contributed by atoms with Crippen LogP contribution >= 0.6 is 0 Å². The van der Waals surface area contributed by atoms with Crippen LogP contribution in [0, 0.1) is 5.41 Å². The molecular weight excluding hydrogens is 248 g/mol. The standard InChI is InChI=1S/C17H30N2O/c1-7-17(4,12-18-14(2)3)13-19(5)15-10-8-9-11-16(15)20-6/h8-11,14,18H,7,12-13H2,1-6H3. The van der Waals surface area contributed by atoms with Gasteiger partial charge in [0.25, 0.3) is 0 Å². The molecule has 1 unspecified atom stereocenters. The summed E-state index contributed by atoms with van der Waals surface area (Å²) in [5.74, 6) is 0.935. The molecule has 1 rings (SSSR count). The molecule has 0 saturated heterocycles. The first-order valence-corrected chi connectivity index (χ1v) is 7.49. The summed E-state index contributed by atoms with van der Waals surface area (Å²) in [6.07, 6.45) is 1.15. The zero-order valence-electron chi connectivity index (χ0n) is 13.9. The molecule has 0 radical (unpaired) electrons. The number of para-hydroxylation sites is 2. The molecule has 0 spiro atoms. The highest BCUT2D eigenvalue weighted by Gasteiger charge is 2.25. The van der Waals surface area contributed by atoms with E-state index in [2.05, 4.69) is 57.1 Å². The van der Waals surface area contributed by atoms with E-state index in [1.54, 1.807) is 7.11 Å². The molecule has 1 aromatic rings. The van der Waals surface area contributed by atoms with Crippen molar-refractivity contribution in [3.63, 3.8) is 0 Å². The molecule has 1 N–H and O–H groups in total. The van der Waals surface area contributed by atoms with E-state index in [0.29, 0.717) is 6.04 Å². The molecule has 0 heterocycles. The lowest BCUT2D eigenvalue weighted by atomic mass is 9.86. The molecule has 1 atom stereocenters. The van der Waals surface area contributed by atoms with Gasteiger partial charge in [0.1, 0.15) is 5.75 Å². The van der Waals surface area contributed by atoms with Crippen molar-refractivity contribution in [2.75, 3.05) is 32.1 Å². The van der Waals surface area contributed by atoms with Crippen molar-refractivity contribution in [3.05, 3.63) is 24.3 Å². The van der Waals surface area contributed by atoms with E-state index in [-0.39, 0.29) is 5.41 Å². The Morgan fingerprint density at radius 3 is 2.50 bits per heavy atom. The molecule has 20 heavy (non-hydrogen) atoms. The number of hydrogen-bond donors (Lipinski definition) is 1. The largest absolute Gasteiger partial charge is 0.495 e. The number of rotatable bonds is 8. The van der Waals surface area contributed by atoms with Crippen molar-refractivity contribution in [1.82, 2.24) is 5.32 Å². The van der Waals surface area contributed by atoms with Crippen molar-refractivity contribution >= 4 is 5.69 Å². The van der Waals surface area contributed by atoms with E-state index in [0.717, 1.165) is 30.9 Å². The average molecular weight is 278 g/mol. The maximum atomic E-state index is 5.46. The van der Waals surface area contributed by atoms with Gasteiger partial charge in [-0.15, -0.1) is 0 Å². The fourth-order valence-electron chi connectivity index (χ4n) is 2.35. The molecule has 0 aliphatic heterocycles. The zero-order valence-corrected chi connectivity index (χ0v) is 13.9. The summed E-state index contributed by atoms with van der Waals surface area (Å²) in [5, 5.41) is 3.56. The van der Waals surface area contributed by atoms with Crippen LogP contribution in [0.3, 0.4) is 0 Å². The van der Waals surface area contributed by atoms with E-state index in [1.165, 1.54) is 0 Å². The molecule has 0 saturated carbocycles. The molecule has 114 valence electrons. The Morgan fingerprint density at radius 1 is 1.30 bits per heavy atom. The predicted octanol–water partition coefficient (Wildman–Crippen LogP) is 3.55. The minimum atomic E-state index is 0.250. The van der Waals surface area contributed by atoms with Gasteiger partial charge in [0, 0.05) is 26.2 Å². The van der Waals surface area contributed by atoms with E-state index < -0.39 is 0 Å². The van der Waals surface area contributed by atoms with Gasteiger partial charge in [-0.2, -0.15) is 0 Å². The third-order valence-electron chi connectivity index (χ3n) is 3.91. The van der Waals surface area contributed by atoms with Crippen LogP contribution in [0.25, 0.3) is 0 Å². The van der Waals surface area contributed by atoms with Gasteiger partial charge < -0.3 is 15.0 Å². The van der Waals surface area contributed by atoms with Gasteiger partial charge in [-0.3, -0.25) is 0 Å². The topological polar surface area (TPSA) is 24.5 Å². The normalized spacial score (nSPS) is 14.2. The lowest BCUT2D eigenvalue weighted by molar-refractivity contribution is 0.289. The molecule has 0 aromatic heterocycles. The number of hydrogen-bond acceptors (Lipinski definition) is 3. The Morgan fingerprint density at radius 2 is 1.95 bits per heavy atom. The van der Waals surface area contributed by atoms with Crippen LogP contribution in [0.2, 0.25) is 0 Å². The van der Waals surface area contributed by atoms with Gasteiger partial charge in [-0.25, -0.2) is 0 Å². The first-order chi connectivity index (χ1) is 9.41. The number of benzene rings is 1. The van der Waals surface area contributed by atoms with Crippen LogP contribution in [-0.2, 0) is 0 Å². The third-order valence-corrected chi connectivity index (χ3v) is 3.91. The molecule has 0 amide bonds. The highest BCUT2D eigenvalue weighted by atomic mass is 16.5. The van der Waals surface area contributed by atoms with Crippen molar-refractivity contribution in [2.24, 2.45) is 5.41 Å². The predicted molar refractivity (Wildman–Crippen MR) is 87.8 cm³/mol. The molecule has 0 fully saturated rings. The molecule has 0 aliphatic rings. The zero-order chi connectivity index (χ0) is 15.2. The fraction of sp³-hybridized carbons (Fsp3) is 0.647. The summed E-state index contributed by atoms with van der Waals surface area (Å²) in [6, 6.07) is 8.73. The van der Waals surface area contributed by atoms with Crippen molar-refractivity contribution in [3.8, 4) is 5.75 Å².